The molecule has 9 nitrogen and oxygen atoms in total. The lowest BCUT2D eigenvalue weighted by Gasteiger charge is -2.36. The van der Waals surface area contributed by atoms with Crippen molar-refractivity contribution in [3.8, 4) is 0 Å². The SMILES string of the molecule is CC(C)CC[C@@]1(C)C(=O)C(C2=NS(=O)(=O)c3cc(NC(=S)NC(=O)c4ccccc4)ccc3N2)=C(O)c2ccccc21. The van der Waals surface area contributed by atoms with E-state index >= 15 is 0 Å². The molecule has 1 atom stereocenters. The van der Waals surface area contributed by atoms with Crippen molar-refractivity contribution in [3.63, 3.8) is 0 Å². The number of aliphatic hydroxyl groups excluding tert-OH is 1. The summed E-state index contributed by atoms with van der Waals surface area (Å²) in [6.07, 6.45) is 1.28. The van der Waals surface area contributed by atoms with Gasteiger partial charge in [-0.15, -0.1) is 4.40 Å². The highest BCUT2D eigenvalue weighted by Gasteiger charge is 2.46. The number of amidine groups is 1. The van der Waals surface area contributed by atoms with Gasteiger partial charge < -0.3 is 15.7 Å². The first-order valence-corrected chi connectivity index (χ1v) is 15.3. The van der Waals surface area contributed by atoms with Crippen LogP contribution in [0.25, 0.3) is 5.76 Å². The number of hydrogen-bond donors (Lipinski definition) is 4. The lowest BCUT2D eigenvalue weighted by molar-refractivity contribution is -0.120. The summed E-state index contributed by atoms with van der Waals surface area (Å²) in [5.74, 6) is -1.03. The summed E-state index contributed by atoms with van der Waals surface area (Å²) in [5, 5.41) is 19.6. The largest absolute Gasteiger partial charge is 0.506 e. The molecule has 0 saturated heterocycles. The van der Waals surface area contributed by atoms with E-state index in [0.717, 1.165) is 6.42 Å². The van der Waals surface area contributed by atoms with Gasteiger partial charge in [0.2, 0.25) is 0 Å². The Balaban J connectivity index is 1.45. The second-order valence-electron chi connectivity index (χ2n) is 10.9. The van der Waals surface area contributed by atoms with E-state index in [4.69, 9.17) is 12.2 Å². The van der Waals surface area contributed by atoms with Crippen LogP contribution in [-0.4, -0.2) is 36.2 Å². The highest BCUT2D eigenvalue weighted by atomic mass is 32.2. The molecule has 4 N–H and O–H groups in total. The van der Waals surface area contributed by atoms with Gasteiger partial charge in [0.15, 0.2) is 16.7 Å². The molecule has 0 unspecified atom stereocenters. The van der Waals surface area contributed by atoms with E-state index in [1.54, 1.807) is 48.5 Å². The van der Waals surface area contributed by atoms with Crippen LogP contribution < -0.4 is 16.0 Å². The highest BCUT2D eigenvalue weighted by Crippen LogP contribution is 2.44. The Kier molecular flexibility index (Phi) is 7.74. The van der Waals surface area contributed by atoms with Crippen LogP contribution in [0.4, 0.5) is 11.4 Å². The van der Waals surface area contributed by atoms with E-state index in [-0.39, 0.29) is 32.9 Å². The fourth-order valence-electron chi connectivity index (χ4n) is 5.13. The van der Waals surface area contributed by atoms with Gasteiger partial charge in [-0.05, 0) is 73.8 Å². The number of hydrogen-bond acceptors (Lipinski definition) is 7. The van der Waals surface area contributed by atoms with E-state index < -0.39 is 27.1 Å². The number of carbonyl (C=O) groups excluding carboxylic acids is 2. The predicted molar refractivity (Wildman–Crippen MR) is 167 cm³/mol. The molecule has 1 aliphatic carbocycles. The molecule has 3 aromatic rings. The van der Waals surface area contributed by atoms with Crippen molar-refractivity contribution in [1.82, 2.24) is 5.32 Å². The lowest BCUT2D eigenvalue weighted by atomic mass is 9.66. The molecule has 0 fully saturated rings. The molecule has 11 heteroatoms. The summed E-state index contributed by atoms with van der Waals surface area (Å²) in [6, 6.07) is 20.0. The first-order chi connectivity index (χ1) is 19.9. The Morgan fingerprint density at radius 2 is 1.76 bits per heavy atom. The average Bonchev–Trinajstić information content (AvgIpc) is 2.95. The average molecular weight is 603 g/mol. The van der Waals surface area contributed by atoms with Crippen molar-refractivity contribution in [2.45, 2.75) is 43.9 Å². The van der Waals surface area contributed by atoms with Gasteiger partial charge in [0.05, 0.1) is 11.1 Å². The van der Waals surface area contributed by atoms with Crippen LogP contribution in [0, 0.1) is 5.92 Å². The van der Waals surface area contributed by atoms with Crippen molar-refractivity contribution in [1.29, 1.82) is 0 Å². The molecular weight excluding hydrogens is 572 g/mol. The number of aliphatic hydroxyl groups is 1. The van der Waals surface area contributed by atoms with E-state index in [9.17, 15) is 23.1 Å². The van der Waals surface area contributed by atoms with Crippen molar-refractivity contribution >= 4 is 62.0 Å². The Hall–Kier alpha value is -4.35. The van der Waals surface area contributed by atoms with Gasteiger partial charge >= 0.3 is 0 Å². The smallest absolute Gasteiger partial charge is 0.286 e. The highest BCUT2D eigenvalue weighted by molar-refractivity contribution is 7.90. The summed E-state index contributed by atoms with van der Waals surface area (Å²) in [7, 11) is -4.29. The van der Waals surface area contributed by atoms with Crippen LogP contribution in [0.3, 0.4) is 0 Å². The Bertz CT molecular complexity index is 1780. The zero-order valence-corrected chi connectivity index (χ0v) is 24.9. The van der Waals surface area contributed by atoms with Crippen molar-refractivity contribution < 1.29 is 23.1 Å². The molecule has 1 heterocycles. The second-order valence-corrected chi connectivity index (χ2v) is 12.9. The molecule has 0 saturated carbocycles. The number of nitrogens with one attached hydrogen (secondary N) is 3. The lowest BCUT2D eigenvalue weighted by Crippen LogP contribution is -2.42. The summed E-state index contributed by atoms with van der Waals surface area (Å²) in [6.45, 7) is 5.96. The zero-order chi connectivity index (χ0) is 30.2. The van der Waals surface area contributed by atoms with Crippen LogP contribution in [-0.2, 0) is 20.2 Å². The number of amides is 1. The zero-order valence-electron chi connectivity index (χ0n) is 23.3. The molecule has 216 valence electrons. The van der Waals surface area contributed by atoms with E-state index in [2.05, 4.69) is 34.2 Å². The van der Waals surface area contributed by atoms with E-state index in [1.807, 2.05) is 19.1 Å². The number of sulfonamides is 1. The van der Waals surface area contributed by atoms with Gasteiger partial charge in [0.1, 0.15) is 16.2 Å². The Labute approximate surface area is 249 Å². The number of anilines is 2. The monoisotopic (exact) mass is 602 g/mol. The van der Waals surface area contributed by atoms with Crippen LogP contribution in [0.2, 0.25) is 0 Å². The third-order valence-corrected chi connectivity index (χ3v) is 8.97. The van der Waals surface area contributed by atoms with Crippen molar-refractivity contribution in [2.75, 3.05) is 10.6 Å². The molecule has 3 aromatic carbocycles. The quantitative estimate of drug-likeness (QED) is 0.269. The summed E-state index contributed by atoms with van der Waals surface area (Å²) in [5.41, 5.74) is 0.923. The fraction of sp³-hybridized carbons (Fsp3) is 0.226. The molecule has 0 spiro atoms. The minimum Gasteiger partial charge on any atom is -0.506 e. The third-order valence-electron chi connectivity index (χ3n) is 7.45. The van der Waals surface area contributed by atoms with Crippen LogP contribution in [0.5, 0.6) is 0 Å². The normalized spacial score (nSPS) is 18.9. The standard InChI is InChI=1S/C31H30N4O5S2/c1-18(2)15-16-31(3)22-12-8-7-11-21(22)26(36)25(27(31)37)28-33-23-14-13-20(17-24(23)42(39,40)35-28)32-30(41)34-29(38)19-9-5-4-6-10-19/h4-14,17-18,36H,15-16H2,1-3H3,(H,33,35)(H2,32,34,38,41)/t31-/m1/s1. The number of thiocarbonyl (C=S) groups is 1. The Morgan fingerprint density at radius 1 is 1.07 bits per heavy atom. The maximum absolute atomic E-state index is 14.0. The van der Waals surface area contributed by atoms with Gasteiger partial charge in [-0.1, -0.05) is 56.3 Å². The molecule has 1 aliphatic heterocycles. The first kappa shape index (κ1) is 29.2. The van der Waals surface area contributed by atoms with Crippen molar-refractivity contribution in [2.24, 2.45) is 10.3 Å². The summed E-state index contributed by atoms with van der Waals surface area (Å²) in [4.78, 5) is 26.3. The second kappa shape index (κ2) is 11.1. The number of rotatable bonds is 6. The first-order valence-electron chi connectivity index (χ1n) is 13.4. The van der Waals surface area contributed by atoms with Gasteiger partial charge in [-0.2, -0.15) is 8.42 Å². The maximum atomic E-state index is 14.0. The predicted octanol–water partition coefficient (Wildman–Crippen LogP) is 5.57. The molecule has 0 bridgehead atoms. The molecule has 42 heavy (non-hydrogen) atoms. The van der Waals surface area contributed by atoms with E-state index in [0.29, 0.717) is 34.7 Å². The van der Waals surface area contributed by atoms with Crippen LogP contribution in [0.15, 0.2) is 87.7 Å². The van der Waals surface area contributed by atoms with Gasteiger partial charge in [-0.25, -0.2) is 0 Å². The van der Waals surface area contributed by atoms with Crippen molar-refractivity contribution in [3.05, 3.63) is 95.1 Å². The number of Topliss-reactive ketones (excluding diaryl/α,β-unsaturated/α-hetero) is 1. The number of carbonyl (C=O) groups is 2. The molecule has 0 aromatic heterocycles. The minimum absolute atomic E-state index is 0.0172. The number of nitrogens with zero attached hydrogens (tertiary/aromatic N) is 1. The fourth-order valence-corrected chi connectivity index (χ4v) is 6.49. The molecular formula is C31H30N4O5S2. The molecule has 2 aliphatic rings. The number of fused-ring (bicyclic) bond motifs is 2. The maximum Gasteiger partial charge on any atom is 0.286 e. The third kappa shape index (κ3) is 5.45. The molecule has 0 radical (unpaired) electrons. The number of benzene rings is 3. The molecule has 1 amide bonds. The van der Waals surface area contributed by atoms with Gasteiger partial charge in [0, 0.05) is 16.8 Å². The van der Waals surface area contributed by atoms with Crippen LogP contribution in [0.1, 0.15) is 55.1 Å². The van der Waals surface area contributed by atoms with Gasteiger partial charge in [0.25, 0.3) is 15.9 Å². The van der Waals surface area contributed by atoms with Crippen LogP contribution >= 0.6 is 12.2 Å². The minimum atomic E-state index is -4.29. The number of ketones is 1. The van der Waals surface area contributed by atoms with Gasteiger partial charge in [-0.3, -0.25) is 14.9 Å². The summed E-state index contributed by atoms with van der Waals surface area (Å²) >= 11 is 5.24. The summed E-state index contributed by atoms with van der Waals surface area (Å²) < 4.78 is 30.7. The topological polar surface area (TPSA) is 137 Å². The van der Waals surface area contributed by atoms with E-state index in [1.165, 1.54) is 12.1 Å². The molecule has 5 rings (SSSR count). The Morgan fingerprint density at radius 3 is 2.48 bits per heavy atom.